The number of aryl methyl sites for hydroxylation is 1. The molecule has 1 heterocycles. The minimum Gasteiger partial charge on any atom is -0.222 e. The van der Waals surface area contributed by atoms with Crippen molar-refractivity contribution in [3.05, 3.63) is 48.1 Å². The highest BCUT2D eigenvalue weighted by molar-refractivity contribution is 5.59. The van der Waals surface area contributed by atoms with Crippen LogP contribution in [-0.4, -0.2) is 15.0 Å². The molecule has 0 fully saturated rings. The number of rotatable bonds is 2. The summed E-state index contributed by atoms with van der Waals surface area (Å²) in [5.74, 6) is 1.46. The highest BCUT2D eigenvalue weighted by Gasteiger charge is 2.00. The van der Waals surface area contributed by atoms with Crippen molar-refractivity contribution in [3.63, 3.8) is 0 Å². The highest BCUT2D eigenvalue weighted by atomic mass is 15.0. The Labute approximate surface area is 94.9 Å². The molecule has 0 N–H and O–H groups in total. The van der Waals surface area contributed by atoms with E-state index in [1.54, 1.807) is 0 Å². The van der Waals surface area contributed by atoms with Crippen LogP contribution in [0.15, 0.2) is 36.7 Å². The van der Waals surface area contributed by atoms with Crippen molar-refractivity contribution in [2.75, 3.05) is 0 Å². The summed E-state index contributed by atoms with van der Waals surface area (Å²) in [4.78, 5) is 12.4. The first-order valence-electron chi connectivity index (χ1n) is 5.18. The SMILES string of the molecule is CC=Cc1ccc(-c2ncnc(C)n2)cc1. The zero-order valence-corrected chi connectivity index (χ0v) is 9.38. The van der Waals surface area contributed by atoms with Crippen LogP contribution in [0.5, 0.6) is 0 Å². The van der Waals surface area contributed by atoms with Crippen LogP contribution in [0, 0.1) is 6.92 Å². The Hall–Kier alpha value is -2.03. The molecule has 0 saturated carbocycles. The number of nitrogens with zero attached hydrogens (tertiary/aromatic N) is 3. The van der Waals surface area contributed by atoms with E-state index in [4.69, 9.17) is 0 Å². The first-order valence-corrected chi connectivity index (χ1v) is 5.18. The molecule has 0 unspecified atom stereocenters. The molecule has 80 valence electrons. The molecule has 0 saturated heterocycles. The van der Waals surface area contributed by atoms with Gasteiger partial charge in [-0.3, -0.25) is 0 Å². The Morgan fingerprint density at radius 1 is 1.06 bits per heavy atom. The number of allylic oxidation sites excluding steroid dienone is 1. The average molecular weight is 211 g/mol. The number of benzene rings is 1. The van der Waals surface area contributed by atoms with E-state index < -0.39 is 0 Å². The third-order valence-electron chi connectivity index (χ3n) is 2.22. The van der Waals surface area contributed by atoms with Gasteiger partial charge in [0.1, 0.15) is 12.2 Å². The molecule has 3 nitrogen and oxygen atoms in total. The first-order chi connectivity index (χ1) is 7.79. The molecule has 3 heteroatoms. The van der Waals surface area contributed by atoms with Gasteiger partial charge in [0.25, 0.3) is 0 Å². The smallest absolute Gasteiger partial charge is 0.162 e. The predicted octanol–water partition coefficient (Wildman–Crippen LogP) is 2.88. The lowest BCUT2D eigenvalue weighted by molar-refractivity contribution is 0.983. The van der Waals surface area contributed by atoms with Gasteiger partial charge in [-0.1, -0.05) is 36.4 Å². The molecule has 1 aromatic heterocycles. The molecule has 1 aromatic carbocycles. The van der Waals surface area contributed by atoms with E-state index in [0.29, 0.717) is 0 Å². The zero-order valence-electron chi connectivity index (χ0n) is 9.38. The van der Waals surface area contributed by atoms with Gasteiger partial charge in [0, 0.05) is 5.56 Å². The molecule has 2 rings (SSSR count). The number of hydrogen-bond acceptors (Lipinski definition) is 3. The van der Waals surface area contributed by atoms with Crippen molar-refractivity contribution in [1.29, 1.82) is 0 Å². The maximum atomic E-state index is 4.28. The van der Waals surface area contributed by atoms with Gasteiger partial charge in [0.15, 0.2) is 5.82 Å². The fraction of sp³-hybridized carbons (Fsp3) is 0.154. The molecule has 0 spiro atoms. The fourth-order valence-corrected chi connectivity index (χ4v) is 1.45. The van der Waals surface area contributed by atoms with Crippen LogP contribution in [0.2, 0.25) is 0 Å². The topological polar surface area (TPSA) is 38.7 Å². The first kappa shape index (κ1) is 10.5. The Bertz CT molecular complexity index is 501. The van der Waals surface area contributed by atoms with Gasteiger partial charge in [0.2, 0.25) is 0 Å². The van der Waals surface area contributed by atoms with Crippen molar-refractivity contribution >= 4 is 6.08 Å². The molecule has 0 amide bonds. The van der Waals surface area contributed by atoms with Crippen LogP contribution in [-0.2, 0) is 0 Å². The van der Waals surface area contributed by atoms with Crippen molar-refractivity contribution in [1.82, 2.24) is 15.0 Å². The summed E-state index contributed by atoms with van der Waals surface area (Å²) in [6, 6.07) is 8.14. The van der Waals surface area contributed by atoms with Crippen LogP contribution >= 0.6 is 0 Å². The molecule has 0 aliphatic carbocycles. The van der Waals surface area contributed by atoms with E-state index in [1.807, 2.05) is 32.1 Å². The Morgan fingerprint density at radius 2 is 1.81 bits per heavy atom. The average Bonchev–Trinajstić information content (AvgIpc) is 2.30. The second kappa shape index (κ2) is 4.66. The predicted molar refractivity (Wildman–Crippen MR) is 64.7 cm³/mol. The molecule has 0 atom stereocenters. The number of aromatic nitrogens is 3. The second-order valence-electron chi connectivity index (χ2n) is 3.48. The van der Waals surface area contributed by atoms with Crippen LogP contribution < -0.4 is 0 Å². The summed E-state index contributed by atoms with van der Waals surface area (Å²) in [6.07, 6.45) is 5.61. The molecule has 0 aliphatic rings. The summed E-state index contributed by atoms with van der Waals surface area (Å²) in [6.45, 7) is 3.86. The maximum Gasteiger partial charge on any atom is 0.162 e. The summed E-state index contributed by atoms with van der Waals surface area (Å²) in [5.41, 5.74) is 2.19. The van der Waals surface area contributed by atoms with Gasteiger partial charge in [-0.25, -0.2) is 15.0 Å². The summed E-state index contributed by atoms with van der Waals surface area (Å²) < 4.78 is 0. The lowest BCUT2D eigenvalue weighted by Crippen LogP contribution is -1.93. The third kappa shape index (κ3) is 2.31. The van der Waals surface area contributed by atoms with Gasteiger partial charge in [-0.05, 0) is 19.4 Å². The minimum atomic E-state index is 0.722. The van der Waals surface area contributed by atoms with Crippen LogP contribution in [0.25, 0.3) is 17.5 Å². The molecular weight excluding hydrogens is 198 g/mol. The monoisotopic (exact) mass is 211 g/mol. The summed E-state index contributed by atoms with van der Waals surface area (Å²) in [5, 5.41) is 0. The zero-order chi connectivity index (χ0) is 11.4. The summed E-state index contributed by atoms with van der Waals surface area (Å²) in [7, 11) is 0. The van der Waals surface area contributed by atoms with E-state index >= 15 is 0 Å². The second-order valence-corrected chi connectivity index (χ2v) is 3.48. The molecule has 2 aromatic rings. The van der Waals surface area contributed by atoms with E-state index in [2.05, 4.69) is 33.2 Å². The Morgan fingerprint density at radius 3 is 2.44 bits per heavy atom. The van der Waals surface area contributed by atoms with Gasteiger partial charge >= 0.3 is 0 Å². The lowest BCUT2D eigenvalue weighted by Gasteiger charge is -2.00. The fourth-order valence-electron chi connectivity index (χ4n) is 1.45. The van der Waals surface area contributed by atoms with Gasteiger partial charge in [-0.15, -0.1) is 0 Å². The molecule has 0 radical (unpaired) electrons. The largest absolute Gasteiger partial charge is 0.222 e. The van der Waals surface area contributed by atoms with E-state index in [1.165, 1.54) is 11.9 Å². The normalized spacial score (nSPS) is 10.9. The molecule has 0 aliphatic heterocycles. The van der Waals surface area contributed by atoms with Crippen molar-refractivity contribution in [3.8, 4) is 11.4 Å². The summed E-state index contributed by atoms with van der Waals surface area (Å²) >= 11 is 0. The minimum absolute atomic E-state index is 0.722. The Kier molecular flexibility index (Phi) is 3.05. The van der Waals surface area contributed by atoms with Gasteiger partial charge in [-0.2, -0.15) is 0 Å². The molecule has 0 bridgehead atoms. The van der Waals surface area contributed by atoms with Gasteiger partial charge in [0.05, 0.1) is 0 Å². The maximum absolute atomic E-state index is 4.28. The van der Waals surface area contributed by atoms with Crippen molar-refractivity contribution in [2.24, 2.45) is 0 Å². The lowest BCUT2D eigenvalue weighted by atomic mass is 10.1. The van der Waals surface area contributed by atoms with Gasteiger partial charge < -0.3 is 0 Å². The molecular formula is C13H13N3. The van der Waals surface area contributed by atoms with E-state index in [9.17, 15) is 0 Å². The van der Waals surface area contributed by atoms with Crippen LogP contribution in [0.1, 0.15) is 18.3 Å². The highest BCUT2D eigenvalue weighted by Crippen LogP contribution is 2.15. The van der Waals surface area contributed by atoms with Crippen molar-refractivity contribution < 1.29 is 0 Å². The van der Waals surface area contributed by atoms with Crippen LogP contribution in [0.3, 0.4) is 0 Å². The quantitative estimate of drug-likeness (QED) is 0.766. The van der Waals surface area contributed by atoms with E-state index in [-0.39, 0.29) is 0 Å². The Balaban J connectivity index is 2.34. The van der Waals surface area contributed by atoms with Crippen molar-refractivity contribution in [2.45, 2.75) is 13.8 Å². The van der Waals surface area contributed by atoms with Crippen LogP contribution in [0.4, 0.5) is 0 Å². The number of hydrogen-bond donors (Lipinski definition) is 0. The third-order valence-corrected chi connectivity index (χ3v) is 2.22. The standard InChI is InChI=1S/C13H13N3/c1-3-4-11-5-7-12(8-6-11)13-15-9-14-10(2)16-13/h3-9H,1-2H3. The van der Waals surface area contributed by atoms with E-state index in [0.717, 1.165) is 17.2 Å². The molecule has 16 heavy (non-hydrogen) atoms.